The molecular formula is C6H5ClF9NO2S. The molecule has 0 bridgehead atoms. The monoisotopic (exact) mass is 361 g/mol. The van der Waals surface area contributed by atoms with Crippen LogP contribution in [0, 0.1) is 0 Å². The normalized spacial score (nSPS) is 15.8. The first-order valence-electron chi connectivity index (χ1n) is 4.36. The van der Waals surface area contributed by atoms with Crippen molar-refractivity contribution in [1.82, 2.24) is 3.82 Å². The highest BCUT2D eigenvalue weighted by Gasteiger charge is 2.85. The number of alkyl halides is 9. The van der Waals surface area contributed by atoms with Gasteiger partial charge in [-0.3, -0.25) is 0 Å². The van der Waals surface area contributed by atoms with Gasteiger partial charge in [0.15, 0.2) is 0 Å². The molecule has 0 atom stereocenters. The average molecular weight is 362 g/mol. The van der Waals surface area contributed by atoms with E-state index in [0.29, 0.717) is 0 Å². The number of nitrogens with zero attached hydrogens (tertiary/aromatic N) is 1. The van der Waals surface area contributed by atoms with E-state index in [2.05, 4.69) is 11.8 Å². The van der Waals surface area contributed by atoms with Crippen molar-refractivity contribution in [3.05, 3.63) is 0 Å². The lowest BCUT2D eigenvalue weighted by Gasteiger charge is -2.33. The van der Waals surface area contributed by atoms with Crippen molar-refractivity contribution in [2.45, 2.75) is 30.2 Å². The fourth-order valence-corrected chi connectivity index (χ4v) is 2.12. The van der Waals surface area contributed by atoms with E-state index in [1.165, 1.54) is 0 Å². The molecule has 0 fully saturated rings. The Bertz CT molecular complexity index is 460. The van der Waals surface area contributed by atoms with Gasteiger partial charge in [0.2, 0.25) is 0 Å². The van der Waals surface area contributed by atoms with Crippen molar-refractivity contribution in [3.63, 3.8) is 0 Å². The molecule has 3 nitrogen and oxygen atoms in total. The van der Waals surface area contributed by atoms with Crippen molar-refractivity contribution in [2.75, 3.05) is 6.54 Å². The van der Waals surface area contributed by atoms with E-state index < -0.39 is 43.7 Å². The lowest BCUT2D eigenvalue weighted by Crippen LogP contribution is -2.64. The van der Waals surface area contributed by atoms with Crippen LogP contribution in [0.1, 0.15) is 6.92 Å². The summed E-state index contributed by atoms with van der Waals surface area (Å²) < 4.78 is 132. The lowest BCUT2D eigenvalue weighted by atomic mass is 10.1. The minimum atomic E-state index is -7.29. The zero-order valence-corrected chi connectivity index (χ0v) is 10.7. The van der Waals surface area contributed by atoms with Gasteiger partial charge in [-0.1, -0.05) is 0 Å². The van der Waals surface area contributed by atoms with Crippen molar-refractivity contribution in [1.29, 1.82) is 0 Å². The van der Waals surface area contributed by atoms with Gasteiger partial charge in [-0.05, 0) is 18.7 Å². The molecule has 20 heavy (non-hydrogen) atoms. The van der Waals surface area contributed by atoms with Crippen LogP contribution >= 0.6 is 11.8 Å². The van der Waals surface area contributed by atoms with Crippen LogP contribution < -0.4 is 0 Å². The number of hydrogen-bond acceptors (Lipinski definition) is 2. The molecule has 0 spiro atoms. The van der Waals surface area contributed by atoms with E-state index in [4.69, 9.17) is 0 Å². The Morgan fingerprint density at radius 2 is 1.25 bits per heavy atom. The molecule has 0 aliphatic rings. The van der Waals surface area contributed by atoms with Gasteiger partial charge in [0.25, 0.3) is 10.0 Å². The molecule has 0 aromatic rings. The summed E-state index contributed by atoms with van der Waals surface area (Å²) in [7, 11) is -6.65. The first-order valence-corrected chi connectivity index (χ1v) is 6.14. The second-order valence-corrected chi connectivity index (χ2v) is 5.78. The molecule has 14 heteroatoms. The molecule has 122 valence electrons. The van der Waals surface area contributed by atoms with Crippen molar-refractivity contribution in [2.24, 2.45) is 0 Å². The van der Waals surface area contributed by atoms with Crippen LogP contribution in [-0.4, -0.2) is 42.1 Å². The Kier molecular flexibility index (Phi) is 4.98. The lowest BCUT2D eigenvalue weighted by molar-refractivity contribution is -0.382. The Hall–Kier alpha value is -0.430. The first-order chi connectivity index (χ1) is 8.48. The van der Waals surface area contributed by atoms with Crippen LogP contribution in [-0.2, 0) is 10.0 Å². The van der Waals surface area contributed by atoms with Crippen molar-refractivity contribution >= 4 is 21.8 Å². The molecule has 0 rings (SSSR count). The highest BCUT2D eigenvalue weighted by molar-refractivity contribution is 7.91. The molecule has 0 N–H and O–H groups in total. The highest BCUT2D eigenvalue weighted by Crippen LogP contribution is 2.55. The Morgan fingerprint density at radius 1 is 0.900 bits per heavy atom. The van der Waals surface area contributed by atoms with Gasteiger partial charge in [-0.2, -0.15) is 39.5 Å². The van der Waals surface area contributed by atoms with Crippen LogP contribution in [0.5, 0.6) is 0 Å². The van der Waals surface area contributed by atoms with Crippen LogP contribution in [0.4, 0.5) is 39.5 Å². The molecule has 0 amide bonds. The Balaban J connectivity index is 6.08. The largest absolute Gasteiger partial charge is 0.460 e. The molecule has 0 aromatic heterocycles. The average Bonchev–Trinajstić information content (AvgIpc) is 2.25. The van der Waals surface area contributed by atoms with E-state index >= 15 is 0 Å². The van der Waals surface area contributed by atoms with Crippen LogP contribution in [0.15, 0.2) is 0 Å². The summed E-state index contributed by atoms with van der Waals surface area (Å²) in [5.74, 6) is -14.6. The number of sulfonamides is 1. The van der Waals surface area contributed by atoms with Gasteiger partial charge in [0.1, 0.15) is 0 Å². The fraction of sp³-hybridized carbons (Fsp3) is 1.00. The van der Waals surface area contributed by atoms with Gasteiger partial charge in [-0.15, -0.1) is 3.82 Å². The van der Waals surface area contributed by atoms with E-state index in [-0.39, 0.29) is 0 Å². The van der Waals surface area contributed by atoms with Crippen LogP contribution in [0.3, 0.4) is 0 Å². The molecular weight excluding hydrogens is 357 g/mol. The summed E-state index contributed by atoms with van der Waals surface area (Å²) >= 11 is 4.62. The van der Waals surface area contributed by atoms with Crippen molar-refractivity contribution in [3.8, 4) is 0 Å². The number of halogens is 10. The minimum absolute atomic E-state index is 0.751. The van der Waals surface area contributed by atoms with E-state index in [1.807, 2.05) is 0 Å². The molecule has 0 aliphatic carbocycles. The first kappa shape index (κ1) is 19.6. The maximum absolute atomic E-state index is 13.0. The third-order valence-corrected chi connectivity index (χ3v) is 4.42. The summed E-state index contributed by atoms with van der Waals surface area (Å²) in [5, 5.41) is -6.78. The Labute approximate surface area is 111 Å². The zero-order valence-electron chi connectivity index (χ0n) is 9.16. The quantitative estimate of drug-likeness (QED) is 0.557. The second-order valence-electron chi connectivity index (χ2n) is 3.27. The maximum Gasteiger partial charge on any atom is 0.460 e. The third-order valence-electron chi connectivity index (χ3n) is 1.95. The van der Waals surface area contributed by atoms with Crippen LogP contribution in [0.2, 0.25) is 0 Å². The zero-order chi connectivity index (χ0) is 16.8. The molecule has 0 radical (unpaired) electrons. The van der Waals surface area contributed by atoms with Crippen molar-refractivity contribution < 1.29 is 47.9 Å². The summed E-state index contributed by atoms with van der Waals surface area (Å²) in [6, 6.07) is 0. The second kappa shape index (κ2) is 5.09. The third kappa shape index (κ3) is 2.54. The molecule has 0 saturated heterocycles. The smallest absolute Gasteiger partial charge is 0.204 e. The molecule has 0 aromatic carbocycles. The topological polar surface area (TPSA) is 37.4 Å². The standard InChI is InChI=1S/C6H5ClF9NO2S/c1-2-17(7)20(18,19)6(15,16)4(10,11)3(8,9)5(12,13)14/h2H2,1H3. The molecule has 0 heterocycles. The van der Waals surface area contributed by atoms with E-state index in [9.17, 15) is 47.9 Å². The van der Waals surface area contributed by atoms with Gasteiger partial charge >= 0.3 is 23.3 Å². The van der Waals surface area contributed by atoms with Crippen LogP contribution in [0.25, 0.3) is 0 Å². The fourth-order valence-electron chi connectivity index (χ4n) is 0.817. The number of rotatable bonds is 5. The van der Waals surface area contributed by atoms with Gasteiger partial charge < -0.3 is 0 Å². The van der Waals surface area contributed by atoms with Gasteiger partial charge in [0, 0.05) is 6.54 Å². The van der Waals surface area contributed by atoms with E-state index in [0.717, 1.165) is 6.92 Å². The summed E-state index contributed by atoms with van der Waals surface area (Å²) in [6.45, 7) is -0.326. The number of hydrogen-bond donors (Lipinski definition) is 0. The van der Waals surface area contributed by atoms with E-state index in [1.54, 1.807) is 0 Å². The molecule has 0 aliphatic heterocycles. The highest BCUT2D eigenvalue weighted by atomic mass is 35.5. The summed E-state index contributed by atoms with van der Waals surface area (Å²) in [5.41, 5.74) is 0. The van der Waals surface area contributed by atoms with Gasteiger partial charge in [0.05, 0.1) is 0 Å². The van der Waals surface area contributed by atoms with Gasteiger partial charge in [-0.25, -0.2) is 8.42 Å². The minimum Gasteiger partial charge on any atom is -0.204 e. The summed E-state index contributed by atoms with van der Waals surface area (Å²) in [4.78, 5) is 0. The molecule has 0 saturated carbocycles. The Morgan fingerprint density at radius 3 is 1.50 bits per heavy atom. The summed E-state index contributed by atoms with van der Waals surface area (Å²) in [6.07, 6.45) is -7.10. The molecule has 0 unspecified atom stereocenters. The predicted molar refractivity (Wildman–Crippen MR) is 48.0 cm³/mol. The SMILES string of the molecule is CCN(Cl)S(=O)(=O)C(F)(F)C(F)(F)C(F)(F)C(F)(F)F. The predicted octanol–water partition coefficient (Wildman–Crippen LogP) is 3.22. The maximum atomic E-state index is 13.0.